The minimum atomic E-state index is -0.389. The van der Waals surface area contributed by atoms with Gasteiger partial charge in [-0.3, -0.25) is 9.59 Å². The first-order chi connectivity index (χ1) is 13.5. The van der Waals surface area contributed by atoms with Gasteiger partial charge in [0.15, 0.2) is 0 Å². The van der Waals surface area contributed by atoms with E-state index < -0.39 is 0 Å². The number of carbonyl (C=O) groups excluding carboxylic acids is 2. The Labute approximate surface area is 163 Å². The lowest BCUT2D eigenvalue weighted by atomic mass is 10.1. The Kier molecular flexibility index (Phi) is 6.17. The molecule has 28 heavy (non-hydrogen) atoms. The van der Waals surface area contributed by atoms with E-state index in [9.17, 15) is 14.0 Å². The van der Waals surface area contributed by atoms with Crippen LogP contribution < -0.4 is 10.6 Å². The highest BCUT2D eigenvalue weighted by Crippen LogP contribution is 2.13. The van der Waals surface area contributed by atoms with Crippen LogP contribution in [0.15, 0.2) is 72.8 Å². The Hall–Kier alpha value is -3.47. The van der Waals surface area contributed by atoms with Crippen molar-refractivity contribution in [2.75, 3.05) is 5.32 Å². The molecule has 3 rings (SSSR count). The van der Waals surface area contributed by atoms with Crippen molar-refractivity contribution >= 4 is 17.5 Å². The first-order valence-electron chi connectivity index (χ1n) is 8.98. The van der Waals surface area contributed by atoms with E-state index in [0.717, 1.165) is 16.7 Å². The molecule has 0 aliphatic rings. The first kappa shape index (κ1) is 19.3. The van der Waals surface area contributed by atoms with Gasteiger partial charge in [0.05, 0.1) is 6.42 Å². The van der Waals surface area contributed by atoms with Crippen molar-refractivity contribution in [3.05, 3.63) is 101 Å². The maximum absolute atomic E-state index is 13.0. The molecule has 142 valence electrons. The van der Waals surface area contributed by atoms with Crippen molar-refractivity contribution in [1.29, 1.82) is 0 Å². The Balaban J connectivity index is 1.55. The van der Waals surface area contributed by atoms with Gasteiger partial charge >= 0.3 is 0 Å². The summed E-state index contributed by atoms with van der Waals surface area (Å²) < 4.78 is 13.0. The fourth-order valence-corrected chi connectivity index (χ4v) is 2.72. The predicted molar refractivity (Wildman–Crippen MR) is 108 cm³/mol. The molecule has 0 heterocycles. The highest BCUT2D eigenvalue weighted by molar-refractivity contribution is 6.04. The van der Waals surface area contributed by atoms with Crippen molar-refractivity contribution in [2.45, 2.75) is 19.9 Å². The summed E-state index contributed by atoms with van der Waals surface area (Å²) in [5, 5.41) is 5.66. The number of halogens is 1. The zero-order valence-corrected chi connectivity index (χ0v) is 15.5. The van der Waals surface area contributed by atoms with Gasteiger partial charge in [0, 0.05) is 17.8 Å². The molecule has 3 aromatic rings. The Morgan fingerprint density at radius 1 is 0.893 bits per heavy atom. The quantitative estimate of drug-likeness (QED) is 0.676. The molecule has 0 spiro atoms. The van der Waals surface area contributed by atoms with Crippen LogP contribution in [0.5, 0.6) is 0 Å². The second-order valence-corrected chi connectivity index (χ2v) is 6.60. The van der Waals surface area contributed by atoms with E-state index in [4.69, 9.17) is 0 Å². The highest BCUT2D eigenvalue weighted by atomic mass is 19.1. The molecule has 0 unspecified atom stereocenters. The molecule has 0 bridgehead atoms. The number of carbonyl (C=O) groups is 2. The molecule has 2 amide bonds. The lowest BCUT2D eigenvalue weighted by Crippen LogP contribution is -2.24. The van der Waals surface area contributed by atoms with E-state index in [2.05, 4.69) is 10.6 Å². The molecule has 0 atom stereocenters. The molecule has 5 heteroatoms. The van der Waals surface area contributed by atoms with E-state index in [1.807, 2.05) is 43.3 Å². The molecule has 0 fully saturated rings. The third-order valence-corrected chi connectivity index (χ3v) is 4.27. The Bertz CT molecular complexity index is 967. The van der Waals surface area contributed by atoms with Crippen LogP contribution in [0.1, 0.15) is 27.0 Å². The van der Waals surface area contributed by atoms with E-state index >= 15 is 0 Å². The van der Waals surface area contributed by atoms with Crippen LogP contribution >= 0.6 is 0 Å². The van der Waals surface area contributed by atoms with Crippen LogP contribution in [0, 0.1) is 12.7 Å². The Morgan fingerprint density at radius 2 is 1.61 bits per heavy atom. The zero-order chi connectivity index (χ0) is 19.9. The lowest BCUT2D eigenvalue weighted by molar-refractivity contribution is -0.120. The van der Waals surface area contributed by atoms with Crippen molar-refractivity contribution in [3.8, 4) is 0 Å². The van der Waals surface area contributed by atoms with E-state index in [-0.39, 0.29) is 17.6 Å². The standard InChI is InChI=1S/C23H21FN2O2/c1-16-5-7-17(8-6-16)14-22(27)25-15-18-3-2-4-21(13-18)26-23(28)19-9-11-20(24)12-10-19/h2-13H,14-15H2,1H3,(H,25,27)(H,26,28). The van der Waals surface area contributed by atoms with E-state index in [1.54, 1.807) is 12.1 Å². The largest absolute Gasteiger partial charge is 0.352 e. The van der Waals surface area contributed by atoms with Gasteiger partial charge in [-0.2, -0.15) is 0 Å². The molecular formula is C23H21FN2O2. The zero-order valence-electron chi connectivity index (χ0n) is 15.5. The maximum atomic E-state index is 13.0. The number of benzene rings is 3. The third kappa shape index (κ3) is 5.51. The SMILES string of the molecule is Cc1ccc(CC(=O)NCc2cccc(NC(=O)c3ccc(F)cc3)c2)cc1. The van der Waals surface area contributed by atoms with E-state index in [0.29, 0.717) is 24.2 Å². The summed E-state index contributed by atoms with van der Waals surface area (Å²) in [6.45, 7) is 2.37. The van der Waals surface area contributed by atoms with Gasteiger partial charge in [-0.05, 0) is 54.4 Å². The highest BCUT2D eigenvalue weighted by Gasteiger charge is 2.07. The molecule has 0 aromatic heterocycles. The van der Waals surface area contributed by atoms with E-state index in [1.165, 1.54) is 24.3 Å². The summed E-state index contributed by atoms with van der Waals surface area (Å²) in [6, 6.07) is 20.4. The van der Waals surface area contributed by atoms with Crippen molar-refractivity contribution in [1.82, 2.24) is 5.32 Å². The van der Waals surface area contributed by atoms with Gasteiger partial charge in [-0.25, -0.2) is 4.39 Å². The van der Waals surface area contributed by atoms with Gasteiger partial charge in [0.2, 0.25) is 5.91 Å². The Morgan fingerprint density at radius 3 is 2.32 bits per heavy atom. The molecule has 0 radical (unpaired) electrons. The molecule has 0 saturated carbocycles. The van der Waals surface area contributed by atoms with Crippen molar-refractivity contribution in [2.24, 2.45) is 0 Å². The summed E-state index contributed by atoms with van der Waals surface area (Å²) in [6.07, 6.45) is 0.321. The molecule has 0 aliphatic heterocycles. The summed E-state index contributed by atoms with van der Waals surface area (Å²) in [7, 11) is 0. The van der Waals surface area contributed by atoms with Crippen LogP contribution in [-0.4, -0.2) is 11.8 Å². The summed E-state index contributed by atoms with van der Waals surface area (Å²) in [5.41, 5.74) is 3.97. The summed E-state index contributed by atoms with van der Waals surface area (Å²) in [5.74, 6) is -0.773. The average Bonchev–Trinajstić information content (AvgIpc) is 2.69. The minimum absolute atomic E-state index is 0.0652. The summed E-state index contributed by atoms with van der Waals surface area (Å²) >= 11 is 0. The number of anilines is 1. The molecular weight excluding hydrogens is 355 g/mol. The van der Waals surface area contributed by atoms with Gasteiger partial charge in [-0.1, -0.05) is 42.0 Å². The van der Waals surface area contributed by atoms with Crippen molar-refractivity contribution < 1.29 is 14.0 Å². The smallest absolute Gasteiger partial charge is 0.255 e. The van der Waals surface area contributed by atoms with Crippen LogP contribution in [0.4, 0.5) is 10.1 Å². The normalized spacial score (nSPS) is 10.4. The molecule has 4 nitrogen and oxygen atoms in total. The number of hydrogen-bond donors (Lipinski definition) is 2. The maximum Gasteiger partial charge on any atom is 0.255 e. The second kappa shape index (κ2) is 8.95. The first-order valence-corrected chi connectivity index (χ1v) is 8.98. The number of aryl methyl sites for hydroxylation is 1. The molecule has 0 aliphatic carbocycles. The number of nitrogens with one attached hydrogen (secondary N) is 2. The van der Waals surface area contributed by atoms with Gasteiger partial charge in [0.25, 0.3) is 5.91 Å². The van der Waals surface area contributed by atoms with Crippen LogP contribution in [0.25, 0.3) is 0 Å². The lowest BCUT2D eigenvalue weighted by Gasteiger charge is -2.09. The number of rotatable bonds is 6. The molecule has 2 N–H and O–H groups in total. The number of hydrogen-bond acceptors (Lipinski definition) is 2. The predicted octanol–water partition coefficient (Wildman–Crippen LogP) is 4.25. The van der Waals surface area contributed by atoms with Gasteiger partial charge < -0.3 is 10.6 Å². The van der Waals surface area contributed by atoms with Gasteiger partial charge in [0.1, 0.15) is 5.82 Å². The van der Waals surface area contributed by atoms with Crippen LogP contribution in [-0.2, 0) is 17.8 Å². The minimum Gasteiger partial charge on any atom is -0.352 e. The second-order valence-electron chi connectivity index (χ2n) is 6.60. The van der Waals surface area contributed by atoms with Crippen LogP contribution in [0.2, 0.25) is 0 Å². The average molecular weight is 376 g/mol. The van der Waals surface area contributed by atoms with Gasteiger partial charge in [-0.15, -0.1) is 0 Å². The fourth-order valence-electron chi connectivity index (χ4n) is 2.72. The number of amides is 2. The molecule has 0 saturated heterocycles. The fraction of sp³-hybridized carbons (Fsp3) is 0.130. The topological polar surface area (TPSA) is 58.2 Å². The monoisotopic (exact) mass is 376 g/mol. The molecule has 3 aromatic carbocycles. The van der Waals surface area contributed by atoms with Crippen LogP contribution in [0.3, 0.4) is 0 Å². The summed E-state index contributed by atoms with van der Waals surface area (Å²) in [4.78, 5) is 24.4. The van der Waals surface area contributed by atoms with Crippen molar-refractivity contribution in [3.63, 3.8) is 0 Å². The third-order valence-electron chi connectivity index (χ3n) is 4.27.